The molecule has 188 valence electrons. The van der Waals surface area contributed by atoms with Crippen LogP contribution >= 0.6 is 0 Å². The molecule has 3 saturated heterocycles. The minimum absolute atomic E-state index is 0.581. The molecular formula is C28H30N8O. The molecule has 5 heterocycles. The third kappa shape index (κ3) is 4.46. The molecule has 0 radical (unpaired) electrons. The largest absolute Gasteiger partial charge is 0.457 e. The molecule has 4 aromatic rings. The number of ether oxygens (including phenoxy) is 1. The molecule has 2 aromatic heterocycles. The molecule has 7 rings (SSSR count). The van der Waals surface area contributed by atoms with Gasteiger partial charge in [-0.25, -0.2) is 19.9 Å². The summed E-state index contributed by atoms with van der Waals surface area (Å²) in [4.78, 5) is 27.5. The van der Waals surface area contributed by atoms with E-state index in [1.807, 2.05) is 57.2 Å². The second kappa shape index (κ2) is 9.40. The van der Waals surface area contributed by atoms with Gasteiger partial charge in [-0.15, -0.1) is 0 Å². The molecule has 2 aromatic carbocycles. The maximum absolute atomic E-state index is 6.17. The predicted molar refractivity (Wildman–Crippen MR) is 147 cm³/mol. The van der Waals surface area contributed by atoms with Crippen molar-refractivity contribution in [3.05, 3.63) is 60.0 Å². The molecule has 3 fully saturated rings. The number of nitrogens with one attached hydrogen (secondary N) is 1. The quantitative estimate of drug-likeness (QED) is 0.366. The number of aromatic nitrogens is 4. The molecule has 3 aliphatic rings. The van der Waals surface area contributed by atoms with E-state index in [0.29, 0.717) is 28.9 Å². The minimum Gasteiger partial charge on any atom is -0.457 e. The first kappa shape index (κ1) is 23.3. The van der Waals surface area contributed by atoms with Gasteiger partial charge in [0.05, 0.1) is 11.9 Å². The molecule has 37 heavy (non-hydrogen) atoms. The van der Waals surface area contributed by atoms with Gasteiger partial charge < -0.3 is 15.0 Å². The number of rotatable bonds is 6. The van der Waals surface area contributed by atoms with Crippen LogP contribution in [0.25, 0.3) is 11.0 Å². The van der Waals surface area contributed by atoms with Crippen molar-refractivity contribution in [2.45, 2.75) is 39.3 Å². The second-order valence-corrected chi connectivity index (χ2v) is 9.78. The van der Waals surface area contributed by atoms with Crippen LogP contribution in [-0.2, 0) is 0 Å². The molecular weight excluding hydrogens is 464 g/mol. The first-order chi connectivity index (χ1) is 18.0. The van der Waals surface area contributed by atoms with Crippen molar-refractivity contribution >= 4 is 40.4 Å². The number of aryl methyl sites for hydroxylation is 2. The van der Waals surface area contributed by atoms with E-state index in [1.165, 1.54) is 12.7 Å². The van der Waals surface area contributed by atoms with Crippen molar-refractivity contribution in [1.29, 1.82) is 0 Å². The zero-order chi connectivity index (χ0) is 25.5. The van der Waals surface area contributed by atoms with E-state index in [4.69, 9.17) is 9.72 Å². The van der Waals surface area contributed by atoms with Crippen LogP contribution in [-0.4, -0.2) is 63.3 Å². The van der Waals surface area contributed by atoms with E-state index in [-0.39, 0.29) is 0 Å². The number of fused-ring (bicyclic) bond motifs is 3. The Morgan fingerprint density at radius 2 is 1.86 bits per heavy atom. The summed E-state index contributed by atoms with van der Waals surface area (Å²) in [6.45, 7) is 7.86. The maximum atomic E-state index is 6.17. The fourth-order valence-corrected chi connectivity index (χ4v) is 5.08. The Bertz CT molecular complexity index is 1490. The van der Waals surface area contributed by atoms with Crippen molar-refractivity contribution in [3.8, 4) is 11.5 Å². The fraction of sp³-hybridized carbons (Fsp3) is 0.321. The SMILES string of the molecule is C/C=N\c1cc(Oc2ccc(Nc3ncnc4cnc(N5CC6CC(C5)N6C)nc34)cc2C)ccc1C. The Morgan fingerprint density at radius 1 is 1.03 bits per heavy atom. The van der Waals surface area contributed by atoms with Crippen LogP contribution in [0.1, 0.15) is 24.5 Å². The van der Waals surface area contributed by atoms with Gasteiger partial charge in [0.1, 0.15) is 28.9 Å². The maximum Gasteiger partial charge on any atom is 0.226 e. The molecule has 0 saturated carbocycles. The Hall–Kier alpha value is -4.11. The number of anilines is 3. The lowest BCUT2D eigenvalue weighted by molar-refractivity contribution is 0.0258. The highest BCUT2D eigenvalue weighted by Crippen LogP contribution is 2.34. The van der Waals surface area contributed by atoms with Crippen LogP contribution in [0.2, 0.25) is 0 Å². The number of nitrogens with zero attached hydrogens (tertiary/aromatic N) is 7. The number of hydrogen-bond acceptors (Lipinski definition) is 9. The minimum atomic E-state index is 0.581. The van der Waals surface area contributed by atoms with Gasteiger partial charge in [-0.3, -0.25) is 9.89 Å². The van der Waals surface area contributed by atoms with Crippen LogP contribution in [0.15, 0.2) is 53.9 Å². The lowest BCUT2D eigenvalue weighted by atomic mass is 9.89. The highest BCUT2D eigenvalue weighted by molar-refractivity contribution is 5.87. The molecule has 2 atom stereocenters. The number of piperazine rings is 1. The summed E-state index contributed by atoms with van der Waals surface area (Å²) in [7, 11) is 2.20. The molecule has 3 aliphatic heterocycles. The van der Waals surface area contributed by atoms with Crippen LogP contribution < -0.4 is 15.0 Å². The smallest absolute Gasteiger partial charge is 0.226 e. The Morgan fingerprint density at radius 3 is 2.62 bits per heavy atom. The molecule has 9 nitrogen and oxygen atoms in total. The summed E-state index contributed by atoms with van der Waals surface area (Å²) in [5, 5.41) is 3.42. The average molecular weight is 495 g/mol. The van der Waals surface area contributed by atoms with E-state index in [1.54, 1.807) is 12.4 Å². The molecule has 0 amide bonds. The summed E-state index contributed by atoms with van der Waals surface area (Å²) in [5.74, 6) is 2.92. The number of aliphatic imine (C=N–C) groups is 1. The van der Waals surface area contributed by atoms with E-state index in [2.05, 4.69) is 42.1 Å². The van der Waals surface area contributed by atoms with Gasteiger partial charge in [0.25, 0.3) is 0 Å². The third-order valence-corrected chi connectivity index (χ3v) is 7.32. The lowest BCUT2D eigenvalue weighted by Crippen LogP contribution is -2.67. The lowest BCUT2D eigenvalue weighted by Gasteiger charge is -2.54. The van der Waals surface area contributed by atoms with Crippen LogP contribution in [0, 0.1) is 13.8 Å². The highest BCUT2D eigenvalue weighted by atomic mass is 16.5. The fourth-order valence-electron chi connectivity index (χ4n) is 5.08. The van der Waals surface area contributed by atoms with Gasteiger partial charge in [0.2, 0.25) is 5.95 Å². The van der Waals surface area contributed by atoms with E-state index in [0.717, 1.165) is 53.0 Å². The van der Waals surface area contributed by atoms with Crippen LogP contribution in [0.4, 0.5) is 23.1 Å². The Balaban J connectivity index is 1.23. The second-order valence-electron chi connectivity index (χ2n) is 9.78. The monoisotopic (exact) mass is 494 g/mol. The first-order valence-corrected chi connectivity index (χ1v) is 12.6. The van der Waals surface area contributed by atoms with Crippen molar-refractivity contribution in [1.82, 2.24) is 24.8 Å². The molecule has 1 N–H and O–H groups in total. The number of benzene rings is 2. The standard InChI is InChI=1S/C28H30N8O/c1-5-29-23-12-22(8-6-17(23)2)37-25-9-7-19(10-18(25)3)33-27-26-24(31-16-32-27)13-30-28(34-26)36-14-20-11-21(15-36)35(20)4/h5-10,12-13,16,20-21H,11,14-15H2,1-4H3,(H,31,32,33)/b29-5-. The molecule has 9 heteroatoms. The van der Waals surface area contributed by atoms with E-state index < -0.39 is 0 Å². The Kier molecular flexibility index (Phi) is 5.92. The third-order valence-electron chi connectivity index (χ3n) is 7.32. The summed E-state index contributed by atoms with van der Waals surface area (Å²) >= 11 is 0. The zero-order valence-electron chi connectivity index (χ0n) is 21.5. The Labute approximate surface area is 216 Å². The number of likely N-dealkylation sites (N-methyl/N-ethyl adjacent to an activating group) is 1. The summed E-state index contributed by atoms with van der Waals surface area (Å²) < 4.78 is 6.17. The van der Waals surface area contributed by atoms with Gasteiger partial charge in [0.15, 0.2) is 5.82 Å². The average Bonchev–Trinajstić information content (AvgIpc) is 2.92. The van der Waals surface area contributed by atoms with Gasteiger partial charge in [0, 0.05) is 43.1 Å². The van der Waals surface area contributed by atoms with Crippen molar-refractivity contribution in [2.24, 2.45) is 4.99 Å². The first-order valence-electron chi connectivity index (χ1n) is 12.6. The normalized spacial score (nSPS) is 19.3. The topological polar surface area (TPSA) is 91.7 Å². The van der Waals surface area contributed by atoms with Gasteiger partial charge in [-0.1, -0.05) is 6.07 Å². The number of hydrogen-bond donors (Lipinski definition) is 1. The van der Waals surface area contributed by atoms with E-state index in [9.17, 15) is 0 Å². The van der Waals surface area contributed by atoms with Gasteiger partial charge >= 0.3 is 0 Å². The predicted octanol–water partition coefficient (Wildman–Crippen LogP) is 5.19. The zero-order valence-corrected chi connectivity index (χ0v) is 21.5. The van der Waals surface area contributed by atoms with Crippen LogP contribution in [0.5, 0.6) is 11.5 Å². The van der Waals surface area contributed by atoms with E-state index >= 15 is 0 Å². The van der Waals surface area contributed by atoms with Crippen molar-refractivity contribution < 1.29 is 4.74 Å². The molecule has 0 spiro atoms. The van der Waals surface area contributed by atoms with Gasteiger partial charge in [-0.2, -0.15) is 0 Å². The number of piperidine rings is 1. The van der Waals surface area contributed by atoms with Crippen molar-refractivity contribution in [2.75, 3.05) is 30.4 Å². The van der Waals surface area contributed by atoms with Crippen LogP contribution in [0.3, 0.4) is 0 Å². The molecule has 0 aliphatic carbocycles. The highest BCUT2D eigenvalue weighted by Gasteiger charge is 2.42. The molecule has 2 bridgehead atoms. The molecule has 2 unspecified atom stereocenters. The summed E-state index contributed by atoms with van der Waals surface area (Å²) in [6, 6.07) is 13.1. The summed E-state index contributed by atoms with van der Waals surface area (Å²) in [5.41, 5.74) is 5.32. The summed E-state index contributed by atoms with van der Waals surface area (Å²) in [6.07, 6.45) is 6.37. The van der Waals surface area contributed by atoms with Gasteiger partial charge in [-0.05, 0) is 69.6 Å². The van der Waals surface area contributed by atoms with Crippen molar-refractivity contribution in [3.63, 3.8) is 0 Å².